The number of aromatic hydroxyl groups is 1. The molecule has 0 aliphatic carbocycles. The van der Waals surface area contributed by atoms with Crippen LogP contribution < -0.4 is 5.32 Å². The molecule has 1 aromatic carbocycles. The summed E-state index contributed by atoms with van der Waals surface area (Å²) in [5, 5.41) is 11.5. The SMILES string of the molecule is CC(=O)Nc1ccc(O)cc1.O.O.[Ca+2].[H-].[H-]. The number of carbonyl (C=O) groups excluding carboxylic acids is 1. The Morgan fingerprint density at radius 2 is 1.71 bits per heavy atom. The van der Waals surface area contributed by atoms with E-state index in [1.807, 2.05) is 0 Å². The van der Waals surface area contributed by atoms with Gasteiger partial charge in [-0.15, -0.1) is 0 Å². The van der Waals surface area contributed by atoms with Crippen molar-refractivity contribution in [3.05, 3.63) is 24.3 Å². The minimum Gasteiger partial charge on any atom is -1.00 e. The van der Waals surface area contributed by atoms with Gasteiger partial charge in [0.2, 0.25) is 5.91 Å². The predicted molar refractivity (Wildman–Crippen MR) is 57.6 cm³/mol. The van der Waals surface area contributed by atoms with Crippen LogP contribution in [-0.2, 0) is 4.79 Å². The third-order valence-corrected chi connectivity index (χ3v) is 1.19. The van der Waals surface area contributed by atoms with Crippen LogP contribution in [0.1, 0.15) is 9.78 Å². The van der Waals surface area contributed by atoms with E-state index in [0.717, 1.165) is 0 Å². The standard InChI is InChI=1S/C8H9NO2.Ca.2H2O.2H/c1-6(10)9-7-2-4-8(11)5-3-7;;;;;/h2-5,11H,1H3,(H,9,10);;2*1H2;;/q;+2;;;2*-1. The zero-order chi connectivity index (χ0) is 8.27. The third kappa shape index (κ3) is 7.11. The average molecular weight is 229 g/mol. The summed E-state index contributed by atoms with van der Waals surface area (Å²) in [5.41, 5.74) is 0.690. The van der Waals surface area contributed by atoms with Gasteiger partial charge in [-0.2, -0.15) is 0 Å². The van der Waals surface area contributed by atoms with Crippen molar-refractivity contribution < 1.29 is 23.7 Å². The Labute approximate surface area is 115 Å². The summed E-state index contributed by atoms with van der Waals surface area (Å²) in [7, 11) is 0. The van der Waals surface area contributed by atoms with Crippen LogP contribution in [0.25, 0.3) is 0 Å². The van der Waals surface area contributed by atoms with Crippen LogP contribution in [0.2, 0.25) is 0 Å². The Hall–Kier alpha value is -0.330. The number of carbonyl (C=O) groups is 1. The second-order valence-corrected chi connectivity index (χ2v) is 2.23. The molecule has 78 valence electrons. The maximum Gasteiger partial charge on any atom is 2.00 e. The van der Waals surface area contributed by atoms with Crippen LogP contribution >= 0.6 is 0 Å². The fourth-order valence-corrected chi connectivity index (χ4v) is 0.748. The van der Waals surface area contributed by atoms with Gasteiger partial charge in [-0.3, -0.25) is 4.79 Å². The molecular formula is C8H15CaNO4. The molecule has 0 unspecified atom stereocenters. The van der Waals surface area contributed by atoms with Crippen molar-refractivity contribution in [2.75, 3.05) is 5.32 Å². The molecule has 1 rings (SSSR count). The Morgan fingerprint density at radius 1 is 1.29 bits per heavy atom. The minimum atomic E-state index is -0.115. The number of phenolic OH excluding ortho intramolecular Hbond substituents is 1. The van der Waals surface area contributed by atoms with Crippen molar-refractivity contribution in [2.45, 2.75) is 6.92 Å². The van der Waals surface area contributed by atoms with Crippen molar-refractivity contribution in [1.82, 2.24) is 0 Å². The van der Waals surface area contributed by atoms with Crippen LogP contribution in [0.5, 0.6) is 5.75 Å². The number of rotatable bonds is 1. The number of phenols is 1. The predicted octanol–water partition coefficient (Wildman–Crippen LogP) is -0.455. The molecule has 0 bridgehead atoms. The van der Waals surface area contributed by atoms with E-state index < -0.39 is 0 Å². The van der Waals surface area contributed by atoms with E-state index in [1.54, 1.807) is 12.1 Å². The monoisotopic (exact) mass is 229 g/mol. The summed E-state index contributed by atoms with van der Waals surface area (Å²) in [6.07, 6.45) is 0. The Bertz CT molecular complexity index is 271. The van der Waals surface area contributed by atoms with Gasteiger partial charge < -0.3 is 24.2 Å². The van der Waals surface area contributed by atoms with Crippen LogP contribution in [0, 0.1) is 0 Å². The molecule has 0 aromatic heterocycles. The second kappa shape index (κ2) is 9.23. The van der Waals surface area contributed by atoms with E-state index in [2.05, 4.69) is 5.32 Å². The first-order valence-electron chi connectivity index (χ1n) is 3.25. The smallest absolute Gasteiger partial charge is 1.00 e. The summed E-state index contributed by atoms with van der Waals surface area (Å²) in [5.74, 6) is 0.0785. The topological polar surface area (TPSA) is 112 Å². The Morgan fingerprint density at radius 3 is 2.07 bits per heavy atom. The van der Waals surface area contributed by atoms with Gasteiger partial charge in [0.15, 0.2) is 0 Å². The third-order valence-electron chi connectivity index (χ3n) is 1.19. The minimum absolute atomic E-state index is 0. The van der Waals surface area contributed by atoms with Crippen LogP contribution in [0.3, 0.4) is 0 Å². The molecule has 6 N–H and O–H groups in total. The largest absolute Gasteiger partial charge is 2.00 e. The molecule has 0 spiro atoms. The van der Waals surface area contributed by atoms with E-state index in [9.17, 15) is 4.79 Å². The van der Waals surface area contributed by atoms with Crippen molar-refractivity contribution in [2.24, 2.45) is 0 Å². The summed E-state index contributed by atoms with van der Waals surface area (Å²) in [6.45, 7) is 1.44. The number of benzene rings is 1. The quantitative estimate of drug-likeness (QED) is 0.501. The van der Waals surface area contributed by atoms with Crippen molar-refractivity contribution in [3.63, 3.8) is 0 Å². The molecule has 5 nitrogen and oxygen atoms in total. The summed E-state index contributed by atoms with van der Waals surface area (Å²) >= 11 is 0. The summed E-state index contributed by atoms with van der Waals surface area (Å²) < 4.78 is 0. The number of amides is 1. The van der Waals surface area contributed by atoms with E-state index in [0.29, 0.717) is 5.69 Å². The number of nitrogens with one attached hydrogen (secondary N) is 1. The maximum absolute atomic E-state index is 10.5. The van der Waals surface area contributed by atoms with Gasteiger partial charge in [0, 0.05) is 12.6 Å². The molecule has 0 aliphatic heterocycles. The van der Waals surface area contributed by atoms with Gasteiger partial charge in [0.05, 0.1) is 0 Å². The number of anilines is 1. The van der Waals surface area contributed by atoms with Gasteiger partial charge in [-0.05, 0) is 24.3 Å². The van der Waals surface area contributed by atoms with Crippen molar-refractivity contribution >= 4 is 49.3 Å². The fraction of sp³-hybridized carbons (Fsp3) is 0.125. The second-order valence-electron chi connectivity index (χ2n) is 2.23. The maximum atomic E-state index is 10.5. The average Bonchev–Trinajstić information content (AvgIpc) is 1.93. The Balaban J connectivity index is -0.0000000807. The van der Waals surface area contributed by atoms with Gasteiger partial charge in [0.1, 0.15) is 5.75 Å². The van der Waals surface area contributed by atoms with Gasteiger partial charge in [0.25, 0.3) is 0 Å². The molecule has 6 heteroatoms. The van der Waals surface area contributed by atoms with Crippen molar-refractivity contribution in [1.29, 1.82) is 0 Å². The molecule has 0 fully saturated rings. The molecule has 0 heterocycles. The Kier molecular flexibility index (Phi) is 12.7. The summed E-state index contributed by atoms with van der Waals surface area (Å²) in [4.78, 5) is 10.5. The normalized spacial score (nSPS) is 7.21. The molecule has 0 aliphatic rings. The van der Waals surface area contributed by atoms with E-state index in [1.165, 1.54) is 19.1 Å². The molecule has 0 atom stereocenters. The molecular weight excluding hydrogens is 214 g/mol. The zero-order valence-corrected chi connectivity index (χ0v) is 10.1. The van der Waals surface area contributed by atoms with Gasteiger partial charge in [-0.1, -0.05) is 0 Å². The van der Waals surface area contributed by atoms with Crippen LogP contribution in [0.15, 0.2) is 24.3 Å². The first-order chi connectivity index (χ1) is 5.18. The molecule has 1 amide bonds. The summed E-state index contributed by atoms with van der Waals surface area (Å²) in [6, 6.07) is 6.31. The fourth-order valence-electron chi connectivity index (χ4n) is 0.748. The molecule has 1 aromatic rings. The molecule has 0 saturated heterocycles. The zero-order valence-electron chi connectivity index (χ0n) is 9.87. The van der Waals surface area contributed by atoms with Crippen molar-refractivity contribution in [3.8, 4) is 5.75 Å². The first kappa shape index (κ1) is 19.3. The van der Waals surface area contributed by atoms with Crippen LogP contribution in [0.4, 0.5) is 5.69 Å². The molecule has 14 heavy (non-hydrogen) atoms. The van der Waals surface area contributed by atoms with Gasteiger partial charge in [-0.25, -0.2) is 0 Å². The van der Waals surface area contributed by atoms with E-state index >= 15 is 0 Å². The number of hydrogen-bond donors (Lipinski definition) is 2. The van der Waals surface area contributed by atoms with E-state index in [4.69, 9.17) is 5.11 Å². The van der Waals surface area contributed by atoms with Crippen LogP contribution in [-0.4, -0.2) is 59.7 Å². The molecule has 0 radical (unpaired) electrons. The van der Waals surface area contributed by atoms with E-state index in [-0.39, 0.29) is 63.2 Å². The van der Waals surface area contributed by atoms with Gasteiger partial charge >= 0.3 is 37.7 Å². The molecule has 0 saturated carbocycles. The first-order valence-corrected chi connectivity index (χ1v) is 3.25. The number of hydrogen-bond acceptors (Lipinski definition) is 2.